The van der Waals surface area contributed by atoms with Gasteiger partial charge in [0.2, 0.25) is 0 Å². The van der Waals surface area contributed by atoms with E-state index in [0.29, 0.717) is 12.5 Å². The first-order valence-corrected chi connectivity index (χ1v) is 6.58. The molecule has 0 aliphatic heterocycles. The average Bonchev–Trinajstić information content (AvgIpc) is 3.19. The number of hydrogen-bond donors (Lipinski definition) is 3. The highest BCUT2D eigenvalue weighted by Gasteiger charge is 2.27. The first-order chi connectivity index (χ1) is 8.60. The second-order valence-electron chi connectivity index (χ2n) is 5.21. The highest BCUT2D eigenvalue weighted by Crippen LogP contribution is 2.38. The maximum absolute atomic E-state index is 9.78. The van der Waals surface area contributed by atoms with Crippen molar-refractivity contribution in [3.05, 3.63) is 11.9 Å². The third-order valence-corrected chi connectivity index (χ3v) is 3.20. The molecule has 1 unspecified atom stereocenters. The third kappa shape index (κ3) is 3.32. The maximum atomic E-state index is 9.78. The Balaban J connectivity index is 2.04. The van der Waals surface area contributed by atoms with Crippen LogP contribution in [-0.2, 0) is 0 Å². The summed E-state index contributed by atoms with van der Waals surface area (Å²) in [5.41, 5.74) is 0. The van der Waals surface area contributed by atoms with E-state index in [1.54, 1.807) is 0 Å². The van der Waals surface area contributed by atoms with E-state index in [9.17, 15) is 5.11 Å². The van der Waals surface area contributed by atoms with Gasteiger partial charge in [-0.3, -0.25) is 0 Å². The zero-order valence-electron chi connectivity index (χ0n) is 11.3. The van der Waals surface area contributed by atoms with Crippen LogP contribution in [0, 0.1) is 5.92 Å². The molecular weight excluding hydrogens is 228 g/mol. The molecule has 0 amide bonds. The van der Waals surface area contributed by atoms with Gasteiger partial charge in [0, 0.05) is 25.6 Å². The van der Waals surface area contributed by atoms with E-state index < -0.39 is 0 Å². The predicted molar refractivity (Wildman–Crippen MR) is 72.9 cm³/mol. The summed E-state index contributed by atoms with van der Waals surface area (Å²) in [6.07, 6.45) is 2.00. The molecule has 1 aliphatic carbocycles. The lowest BCUT2D eigenvalue weighted by molar-refractivity contribution is 0.138. The van der Waals surface area contributed by atoms with Crippen LogP contribution in [0.4, 0.5) is 11.6 Å². The summed E-state index contributed by atoms with van der Waals surface area (Å²) < 4.78 is 0. The average molecular weight is 250 g/mol. The molecule has 1 aromatic rings. The van der Waals surface area contributed by atoms with Gasteiger partial charge in [-0.25, -0.2) is 9.97 Å². The number of aliphatic hydroxyl groups is 1. The number of hydrogen-bond acceptors (Lipinski definition) is 5. The lowest BCUT2D eigenvalue weighted by Gasteiger charge is -2.16. The van der Waals surface area contributed by atoms with E-state index in [-0.39, 0.29) is 12.0 Å². The Kier molecular flexibility index (Phi) is 4.01. The summed E-state index contributed by atoms with van der Waals surface area (Å²) in [5.74, 6) is 3.28. The van der Waals surface area contributed by atoms with E-state index in [0.717, 1.165) is 17.5 Å². The predicted octanol–water partition coefficient (Wildman–Crippen LogP) is 1.82. The van der Waals surface area contributed by atoms with Gasteiger partial charge in [-0.05, 0) is 18.8 Å². The molecule has 100 valence electrons. The van der Waals surface area contributed by atoms with Crippen LogP contribution in [0.15, 0.2) is 6.07 Å². The van der Waals surface area contributed by atoms with E-state index in [4.69, 9.17) is 0 Å². The Bertz CT molecular complexity index is 404. The van der Waals surface area contributed by atoms with Gasteiger partial charge in [-0.1, -0.05) is 13.8 Å². The summed E-state index contributed by atoms with van der Waals surface area (Å²) in [4.78, 5) is 8.95. The first-order valence-electron chi connectivity index (χ1n) is 6.58. The smallest absolute Gasteiger partial charge is 0.136 e. The molecule has 5 heteroatoms. The van der Waals surface area contributed by atoms with E-state index >= 15 is 0 Å². The zero-order valence-corrected chi connectivity index (χ0v) is 11.3. The second kappa shape index (κ2) is 5.52. The fraction of sp³-hybridized carbons (Fsp3) is 0.692. The van der Waals surface area contributed by atoms with Crippen LogP contribution in [0.5, 0.6) is 0 Å². The van der Waals surface area contributed by atoms with Crippen molar-refractivity contribution in [1.29, 1.82) is 0 Å². The number of rotatable bonds is 6. The van der Waals surface area contributed by atoms with Gasteiger partial charge in [0.25, 0.3) is 0 Å². The minimum absolute atomic E-state index is 0.242. The van der Waals surface area contributed by atoms with Crippen molar-refractivity contribution in [2.45, 2.75) is 38.7 Å². The van der Waals surface area contributed by atoms with Crippen molar-refractivity contribution in [3.8, 4) is 0 Å². The van der Waals surface area contributed by atoms with Crippen molar-refractivity contribution in [3.63, 3.8) is 0 Å². The highest BCUT2D eigenvalue weighted by molar-refractivity contribution is 5.47. The van der Waals surface area contributed by atoms with Gasteiger partial charge in [-0.15, -0.1) is 0 Å². The zero-order chi connectivity index (χ0) is 13.1. The number of nitrogens with zero attached hydrogens (tertiary/aromatic N) is 2. The molecule has 5 nitrogen and oxygen atoms in total. The lowest BCUT2D eigenvalue weighted by atomic mass is 10.1. The second-order valence-corrected chi connectivity index (χ2v) is 5.21. The van der Waals surface area contributed by atoms with Crippen molar-refractivity contribution < 1.29 is 5.11 Å². The molecule has 18 heavy (non-hydrogen) atoms. The Morgan fingerprint density at radius 1 is 1.33 bits per heavy atom. The molecular formula is C13H22N4O. The Morgan fingerprint density at radius 2 is 2.00 bits per heavy atom. The summed E-state index contributed by atoms with van der Waals surface area (Å²) in [5, 5.41) is 16.0. The molecule has 0 spiro atoms. The Hall–Kier alpha value is -1.36. The molecule has 0 aromatic carbocycles. The standard InChI is InChI=1S/C13H22N4O/c1-8(2)10(18)7-15-12-6-11(14-3)16-13(17-12)9-4-5-9/h6,8-10,18H,4-5,7H2,1-3H3,(H2,14,15,16,17). The summed E-state index contributed by atoms with van der Waals surface area (Å²) >= 11 is 0. The van der Waals surface area contributed by atoms with Crippen LogP contribution in [0.1, 0.15) is 38.4 Å². The van der Waals surface area contributed by atoms with Crippen LogP contribution < -0.4 is 10.6 Å². The molecule has 1 saturated carbocycles. The van der Waals surface area contributed by atoms with E-state index in [2.05, 4.69) is 20.6 Å². The van der Waals surface area contributed by atoms with Crippen molar-refractivity contribution >= 4 is 11.6 Å². The Labute approximate surface area is 108 Å². The maximum Gasteiger partial charge on any atom is 0.136 e. The highest BCUT2D eigenvalue weighted by atomic mass is 16.3. The van der Waals surface area contributed by atoms with Gasteiger partial charge in [0.1, 0.15) is 17.5 Å². The van der Waals surface area contributed by atoms with Crippen molar-refractivity contribution in [2.24, 2.45) is 5.92 Å². The van der Waals surface area contributed by atoms with Gasteiger partial charge in [0.15, 0.2) is 0 Å². The van der Waals surface area contributed by atoms with Crippen molar-refractivity contribution in [2.75, 3.05) is 24.2 Å². The minimum atomic E-state index is -0.359. The van der Waals surface area contributed by atoms with E-state index in [1.807, 2.05) is 27.0 Å². The van der Waals surface area contributed by atoms with Crippen LogP contribution in [-0.4, -0.2) is 34.8 Å². The van der Waals surface area contributed by atoms with Crippen molar-refractivity contribution in [1.82, 2.24) is 9.97 Å². The molecule has 1 fully saturated rings. The molecule has 2 rings (SSSR count). The third-order valence-electron chi connectivity index (χ3n) is 3.20. The summed E-state index contributed by atoms with van der Waals surface area (Å²) in [6, 6.07) is 1.87. The minimum Gasteiger partial charge on any atom is -0.391 e. The SMILES string of the molecule is CNc1cc(NCC(O)C(C)C)nc(C2CC2)n1. The monoisotopic (exact) mass is 250 g/mol. The van der Waals surface area contributed by atoms with Gasteiger partial charge >= 0.3 is 0 Å². The van der Waals surface area contributed by atoms with Crippen LogP contribution in [0.2, 0.25) is 0 Å². The van der Waals surface area contributed by atoms with Crippen LogP contribution >= 0.6 is 0 Å². The van der Waals surface area contributed by atoms with Gasteiger partial charge in [-0.2, -0.15) is 0 Å². The van der Waals surface area contributed by atoms with Crippen LogP contribution in [0.25, 0.3) is 0 Å². The number of aliphatic hydroxyl groups excluding tert-OH is 1. The Morgan fingerprint density at radius 3 is 2.56 bits per heavy atom. The molecule has 1 aromatic heterocycles. The number of anilines is 2. The molecule has 0 saturated heterocycles. The topological polar surface area (TPSA) is 70.1 Å². The molecule has 0 radical (unpaired) electrons. The molecule has 3 N–H and O–H groups in total. The van der Waals surface area contributed by atoms with Gasteiger partial charge in [0.05, 0.1) is 6.10 Å². The fourth-order valence-corrected chi connectivity index (χ4v) is 1.65. The molecule has 1 atom stereocenters. The first kappa shape index (κ1) is 13.1. The lowest BCUT2D eigenvalue weighted by Crippen LogP contribution is -2.25. The fourth-order valence-electron chi connectivity index (χ4n) is 1.65. The largest absolute Gasteiger partial charge is 0.391 e. The number of nitrogens with one attached hydrogen (secondary N) is 2. The number of aromatic nitrogens is 2. The quantitative estimate of drug-likeness (QED) is 0.718. The van der Waals surface area contributed by atoms with E-state index in [1.165, 1.54) is 12.8 Å². The molecule has 1 heterocycles. The summed E-state index contributed by atoms with van der Waals surface area (Å²) in [6.45, 7) is 4.52. The van der Waals surface area contributed by atoms with Crippen LogP contribution in [0.3, 0.4) is 0 Å². The summed E-state index contributed by atoms with van der Waals surface area (Å²) in [7, 11) is 1.85. The normalized spacial score (nSPS) is 16.7. The molecule has 1 aliphatic rings. The van der Waals surface area contributed by atoms with Gasteiger partial charge < -0.3 is 15.7 Å². The molecule has 0 bridgehead atoms.